The van der Waals surface area contributed by atoms with Gasteiger partial charge in [-0.3, -0.25) is 4.90 Å². The van der Waals surface area contributed by atoms with Gasteiger partial charge in [0.2, 0.25) is 0 Å². The van der Waals surface area contributed by atoms with Gasteiger partial charge in [0.1, 0.15) is 5.75 Å². The number of hydrogen-bond donors (Lipinski definition) is 1. The molecule has 0 bridgehead atoms. The fourth-order valence-electron chi connectivity index (χ4n) is 2.22. The normalized spacial score (nSPS) is 14.2. The summed E-state index contributed by atoms with van der Waals surface area (Å²) in [5.74, 6) is 0.941. The SMILES string of the molecule is CCCOc1ccc(C(CN(C)C(C)COC)NC)cc1. The lowest BCUT2D eigenvalue weighted by atomic mass is 10.1. The predicted molar refractivity (Wildman–Crippen MR) is 88.0 cm³/mol. The summed E-state index contributed by atoms with van der Waals surface area (Å²) in [4.78, 5) is 2.31. The molecule has 0 aliphatic carbocycles. The van der Waals surface area contributed by atoms with E-state index in [2.05, 4.69) is 43.2 Å². The minimum absolute atomic E-state index is 0.300. The van der Waals surface area contributed by atoms with Gasteiger partial charge in [-0.2, -0.15) is 0 Å². The van der Waals surface area contributed by atoms with Gasteiger partial charge in [0, 0.05) is 25.7 Å². The zero-order valence-electron chi connectivity index (χ0n) is 14.1. The second-order valence-corrected chi connectivity index (χ2v) is 5.50. The van der Waals surface area contributed by atoms with Gasteiger partial charge in [-0.05, 0) is 45.1 Å². The first-order valence-electron chi connectivity index (χ1n) is 7.71. The Morgan fingerprint density at radius 1 is 1.24 bits per heavy atom. The number of rotatable bonds is 10. The lowest BCUT2D eigenvalue weighted by Crippen LogP contribution is -2.38. The lowest BCUT2D eigenvalue weighted by Gasteiger charge is -2.28. The summed E-state index contributed by atoms with van der Waals surface area (Å²) in [6.07, 6.45) is 1.03. The summed E-state index contributed by atoms with van der Waals surface area (Å²) in [6, 6.07) is 9.08. The van der Waals surface area contributed by atoms with Crippen LogP contribution in [-0.2, 0) is 4.74 Å². The molecule has 2 unspecified atom stereocenters. The van der Waals surface area contributed by atoms with Crippen LogP contribution in [-0.4, -0.2) is 51.9 Å². The third-order valence-corrected chi connectivity index (χ3v) is 3.73. The first-order valence-corrected chi connectivity index (χ1v) is 7.71. The average Bonchev–Trinajstić information content (AvgIpc) is 2.51. The van der Waals surface area contributed by atoms with Gasteiger partial charge in [-0.1, -0.05) is 19.1 Å². The molecule has 2 atom stereocenters. The molecule has 120 valence electrons. The standard InChI is InChI=1S/C17H30N2O2/c1-6-11-21-16-9-7-15(8-10-16)17(18-3)12-19(4)14(2)13-20-5/h7-10,14,17-18H,6,11-13H2,1-5H3. The third kappa shape index (κ3) is 6.04. The highest BCUT2D eigenvalue weighted by molar-refractivity contribution is 5.29. The maximum absolute atomic E-state index is 5.63. The molecule has 0 aliphatic rings. The second-order valence-electron chi connectivity index (χ2n) is 5.50. The molecule has 0 spiro atoms. The van der Waals surface area contributed by atoms with Gasteiger partial charge in [-0.15, -0.1) is 0 Å². The summed E-state index contributed by atoms with van der Waals surface area (Å²) in [5.41, 5.74) is 1.28. The van der Waals surface area contributed by atoms with Crippen molar-refractivity contribution >= 4 is 0 Å². The van der Waals surface area contributed by atoms with E-state index in [9.17, 15) is 0 Å². The first-order chi connectivity index (χ1) is 10.1. The summed E-state index contributed by atoms with van der Waals surface area (Å²) in [6.45, 7) is 6.75. The van der Waals surface area contributed by atoms with E-state index in [0.29, 0.717) is 12.1 Å². The van der Waals surface area contributed by atoms with E-state index in [1.165, 1.54) is 5.56 Å². The second kappa shape index (κ2) is 9.77. The molecule has 1 aromatic carbocycles. The third-order valence-electron chi connectivity index (χ3n) is 3.73. The largest absolute Gasteiger partial charge is 0.494 e. The number of nitrogens with zero attached hydrogens (tertiary/aromatic N) is 1. The van der Waals surface area contributed by atoms with Crippen molar-refractivity contribution in [3.8, 4) is 5.75 Å². The van der Waals surface area contributed by atoms with Crippen molar-refractivity contribution in [3.05, 3.63) is 29.8 Å². The molecule has 1 aromatic rings. The fraction of sp³-hybridized carbons (Fsp3) is 0.647. The molecule has 0 radical (unpaired) electrons. The zero-order chi connectivity index (χ0) is 15.7. The van der Waals surface area contributed by atoms with Gasteiger partial charge in [0.05, 0.1) is 13.2 Å². The van der Waals surface area contributed by atoms with E-state index in [1.54, 1.807) is 7.11 Å². The number of ether oxygens (including phenoxy) is 2. The van der Waals surface area contributed by atoms with Crippen LogP contribution in [0.4, 0.5) is 0 Å². The quantitative estimate of drug-likeness (QED) is 0.719. The van der Waals surface area contributed by atoms with Crippen molar-refractivity contribution in [1.82, 2.24) is 10.2 Å². The Hall–Kier alpha value is -1.10. The van der Waals surface area contributed by atoms with Gasteiger partial charge in [-0.25, -0.2) is 0 Å². The fourth-order valence-corrected chi connectivity index (χ4v) is 2.22. The molecule has 0 saturated heterocycles. The number of methoxy groups -OCH3 is 1. The molecular formula is C17H30N2O2. The molecule has 21 heavy (non-hydrogen) atoms. The van der Waals surface area contributed by atoms with Crippen LogP contribution in [0.5, 0.6) is 5.75 Å². The lowest BCUT2D eigenvalue weighted by molar-refractivity contribution is 0.110. The molecular weight excluding hydrogens is 264 g/mol. The van der Waals surface area contributed by atoms with Crippen LogP contribution < -0.4 is 10.1 Å². The number of hydrogen-bond acceptors (Lipinski definition) is 4. The van der Waals surface area contributed by atoms with Crippen LogP contribution in [0, 0.1) is 0 Å². The van der Waals surface area contributed by atoms with E-state index < -0.39 is 0 Å². The molecule has 4 nitrogen and oxygen atoms in total. The molecule has 0 aromatic heterocycles. The van der Waals surface area contributed by atoms with E-state index in [1.807, 2.05) is 19.2 Å². The minimum Gasteiger partial charge on any atom is -0.494 e. The summed E-state index contributed by atoms with van der Waals surface area (Å²) >= 11 is 0. The Bertz CT molecular complexity index is 381. The number of nitrogens with one attached hydrogen (secondary N) is 1. The van der Waals surface area contributed by atoms with Crippen LogP contribution >= 0.6 is 0 Å². The van der Waals surface area contributed by atoms with Crippen molar-refractivity contribution in [3.63, 3.8) is 0 Å². The zero-order valence-corrected chi connectivity index (χ0v) is 14.1. The van der Waals surface area contributed by atoms with Gasteiger partial charge >= 0.3 is 0 Å². The average molecular weight is 294 g/mol. The van der Waals surface area contributed by atoms with Crippen LogP contribution in [0.3, 0.4) is 0 Å². The Labute approximate surface area is 129 Å². The van der Waals surface area contributed by atoms with E-state index in [-0.39, 0.29) is 0 Å². The number of benzene rings is 1. The molecule has 0 fully saturated rings. The van der Waals surface area contributed by atoms with Crippen LogP contribution in [0.1, 0.15) is 31.9 Å². The Morgan fingerprint density at radius 2 is 1.90 bits per heavy atom. The first kappa shape index (κ1) is 18.0. The smallest absolute Gasteiger partial charge is 0.119 e. The van der Waals surface area contributed by atoms with Crippen LogP contribution in [0.25, 0.3) is 0 Å². The van der Waals surface area contributed by atoms with Crippen molar-refractivity contribution in [1.29, 1.82) is 0 Å². The van der Waals surface area contributed by atoms with Gasteiger partial charge < -0.3 is 14.8 Å². The monoisotopic (exact) mass is 294 g/mol. The highest BCUT2D eigenvalue weighted by Gasteiger charge is 2.16. The van der Waals surface area contributed by atoms with E-state index >= 15 is 0 Å². The van der Waals surface area contributed by atoms with Crippen molar-refractivity contribution in [2.45, 2.75) is 32.4 Å². The molecule has 0 amide bonds. The summed E-state index contributed by atoms with van der Waals surface area (Å²) < 4.78 is 10.8. The highest BCUT2D eigenvalue weighted by atomic mass is 16.5. The number of likely N-dealkylation sites (N-methyl/N-ethyl adjacent to an activating group) is 2. The van der Waals surface area contributed by atoms with Crippen molar-refractivity contribution in [2.75, 3.05) is 41.0 Å². The molecule has 1 N–H and O–H groups in total. The topological polar surface area (TPSA) is 33.7 Å². The molecule has 0 aliphatic heterocycles. The molecule has 0 saturated carbocycles. The Balaban J connectivity index is 2.62. The summed E-state index contributed by atoms with van der Waals surface area (Å²) in [7, 11) is 5.88. The van der Waals surface area contributed by atoms with Crippen LogP contribution in [0.2, 0.25) is 0 Å². The summed E-state index contributed by atoms with van der Waals surface area (Å²) in [5, 5.41) is 3.39. The van der Waals surface area contributed by atoms with Gasteiger partial charge in [0.15, 0.2) is 0 Å². The van der Waals surface area contributed by atoms with E-state index in [4.69, 9.17) is 9.47 Å². The van der Waals surface area contributed by atoms with Crippen molar-refractivity contribution < 1.29 is 9.47 Å². The van der Waals surface area contributed by atoms with Crippen LogP contribution in [0.15, 0.2) is 24.3 Å². The highest BCUT2D eigenvalue weighted by Crippen LogP contribution is 2.19. The molecule has 0 heterocycles. The molecule has 1 rings (SSSR count). The van der Waals surface area contributed by atoms with Crippen molar-refractivity contribution in [2.24, 2.45) is 0 Å². The minimum atomic E-state index is 0.300. The Kier molecular flexibility index (Phi) is 8.35. The van der Waals surface area contributed by atoms with Gasteiger partial charge in [0.25, 0.3) is 0 Å². The maximum Gasteiger partial charge on any atom is 0.119 e. The van der Waals surface area contributed by atoms with E-state index in [0.717, 1.165) is 31.9 Å². The maximum atomic E-state index is 5.63. The Morgan fingerprint density at radius 3 is 2.43 bits per heavy atom. The molecule has 4 heteroatoms. The predicted octanol–water partition coefficient (Wildman–Crippen LogP) is 2.70.